The van der Waals surface area contributed by atoms with E-state index in [9.17, 15) is 0 Å². The van der Waals surface area contributed by atoms with Gasteiger partial charge in [0.25, 0.3) is 0 Å². The number of hydrogen-bond donors (Lipinski definition) is 2. The van der Waals surface area contributed by atoms with E-state index in [0.29, 0.717) is 6.42 Å². The zero-order valence-electron chi connectivity index (χ0n) is 9.50. The van der Waals surface area contributed by atoms with Crippen molar-refractivity contribution in [1.29, 1.82) is 5.41 Å². The second-order valence-corrected chi connectivity index (χ2v) is 5.73. The van der Waals surface area contributed by atoms with Gasteiger partial charge < -0.3 is 10.6 Å². The van der Waals surface area contributed by atoms with Gasteiger partial charge in [-0.15, -0.1) is 11.3 Å². The first-order chi connectivity index (χ1) is 7.58. The summed E-state index contributed by atoms with van der Waals surface area (Å²) in [7, 11) is 2.10. The maximum Gasteiger partial charge on any atom is 0.0931 e. The summed E-state index contributed by atoms with van der Waals surface area (Å²) in [5.74, 6) is 0.285. The Morgan fingerprint density at radius 2 is 2.25 bits per heavy atom. The number of hydrogen-bond acceptors (Lipinski definition) is 3. The molecule has 16 heavy (non-hydrogen) atoms. The fourth-order valence-electron chi connectivity index (χ4n) is 1.48. The highest BCUT2D eigenvalue weighted by molar-refractivity contribution is 7.16. The number of thiophene rings is 1. The van der Waals surface area contributed by atoms with Gasteiger partial charge in [-0.05, 0) is 38.6 Å². The van der Waals surface area contributed by atoms with E-state index in [1.54, 1.807) is 11.3 Å². The lowest BCUT2D eigenvalue weighted by atomic mass is 10.2. The number of amidine groups is 1. The van der Waals surface area contributed by atoms with Gasteiger partial charge in [0.15, 0.2) is 0 Å². The third-order valence-corrected chi connectivity index (χ3v) is 3.51. The molecule has 0 unspecified atom stereocenters. The highest BCUT2D eigenvalue weighted by atomic mass is 35.5. The van der Waals surface area contributed by atoms with Crippen LogP contribution in [0.4, 0.5) is 0 Å². The van der Waals surface area contributed by atoms with Crippen molar-refractivity contribution in [2.24, 2.45) is 5.73 Å². The minimum atomic E-state index is 0.285. The number of rotatable bonds is 7. The summed E-state index contributed by atoms with van der Waals surface area (Å²) in [6.45, 7) is 1.97. The Labute approximate surface area is 106 Å². The number of unbranched alkanes of at least 4 members (excludes halogenated alkanes) is 1. The molecule has 1 heterocycles. The number of nitrogens with zero attached hydrogens (tertiary/aromatic N) is 1. The van der Waals surface area contributed by atoms with Crippen molar-refractivity contribution in [3.63, 3.8) is 0 Å². The zero-order valence-corrected chi connectivity index (χ0v) is 11.1. The van der Waals surface area contributed by atoms with Crippen LogP contribution in [0, 0.1) is 5.41 Å². The zero-order chi connectivity index (χ0) is 12.0. The summed E-state index contributed by atoms with van der Waals surface area (Å²) in [6, 6.07) is 4.00. The van der Waals surface area contributed by atoms with Crippen molar-refractivity contribution in [3.05, 3.63) is 21.3 Å². The fraction of sp³-hybridized carbons (Fsp3) is 0.545. The molecule has 0 aliphatic heterocycles. The van der Waals surface area contributed by atoms with E-state index in [1.165, 1.54) is 4.88 Å². The van der Waals surface area contributed by atoms with Crippen LogP contribution >= 0.6 is 22.9 Å². The van der Waals surface area contributed by atoms with Gasteiger partial charge in [0.05, 0.1) is 10.2 Å². The highest BCUT2D eigenvalue weighted by Crippen LogP contribution is 2.22. The largest absolute Gasteiger partial charge is 0.388 e. The number of nitrogens with one attached hydrogen (secondary N) is 1. The third-order valence-electron chi connectivity index (χ3n) is 2.29. The summed E-state index contributed by atoms with van der Waals surface area (Å²) >= 11 is 7.50. The summed E-state index contributed by atoms with van der Waals surface area (Å²) in [5, 5.41) is 7.11. The van der Waals surface area contributed by atoms with Crippen molar-refractivity contribution < 1.29 is 0 Å². The van der Waals surface area contributed by atoms with Crippen molar-refractivity contribution >= 4 is 28.8 Å². The average Bonchev–Trinajstić information content (AvgIpc) is 2.58. The van der Waals surface area contributed by atoms with Crippen LogP contribution < -0.4 is 5.73 Å². The lowest BCUT2D eigenvalue weighted by Gasteiger charge is -2.15. The minimum absolute atomic E-state index is 0.285. The fourth-order valence-corrected chi connectivity index (χ4v) is 2.65. The average molecular weight is 260 g/mol. The predicted octanol–water partition coefficient (Wildman–Crippen LogP) is 2.94. The van der Waals surface area contributed by atoms with Gasteiger partial charge in [-0.25, -0.2) is 0 Å². The first-order valence-corrected chi connectivity index (χ1v) is 6.53. The van der Waals surface area contributed by atoms with Crippen LogP contribution in [0.1, 0.15) is 24.1 Å². The topological polar surface area (TPSA) is 53.1 Å². The van der Waals surface area contributed by atoms with Gasteiger partial charge in [-0.3, -0.25) is 5.41 Å². The molecule has 0 atom stereocenters. The highest BCUT2D eigenvalue weighted by Gasteiger charge is 2.03. The molecule has 1 rings (SSSR count). The Hall–Kier alpha value is -0.580. The van der Waals surface area contributed by atoms with Gasteiger partial charge >= 0.3 is 0 Å². The lowest BCUT2D eigenvalue weighted by Crippen LogP contribution is -2.19. The smallest absolute Gasteiger partial charge is 0.0931 e. The molecular formula is C11H18ClN3S. The molecule has 0 saturated carbocycles. The molecular weight excluding hydrogens is 242 g/mol. The monoisotopic (exact) mass is 259 g/mol. The van der Waals surface area contributed by atoms with Crippen LogP contribution in [0.3, 0.4) is 0 Å². The summed E-state index contributed by atoms with van der Waals surface area (Å²) in [5.41, 5.74) is 5.29. The quantitative estimate of drug-likeness (QED) is 0.449. The van der Waals surface area contributed by atoms with E-state index in [4.69, 9.17) is 22.7 Å². The molecule has 3 N–H and O–H groups in total. The first-order valence-electron chi connectivity index (χ1n) is 5.33. The van der Waals surface area contributed by atoms with E-state index >= 15 is 0 Å². The molecule has 0 amide bonds. The molecule has 0 aliphatic carbocycles. The predicted molar refractivity (Wildman–Crippen MR) is 71.4 cm³/mol. The first kappa shape index (κ1) is 13.5. The second-order valence-electron chi connectivity index (χ2n) is 3.93. The molecule has 1 aromatic heterocycles. The van der Waals surface area contributed by atoms with Crippen molar-refractivity contribution in [3.8, 4) is 0 Å². The van der Waals surface area contributed by atoms with Crippen LogP contribution in [0.15, 0.2) is 12.1 Å². The second kappa shape index (κ2) is 6.89. The van der Waals surface area contributed by atoms with Crippen molar-refractivity contribution in [2.45, 2.75) is 25.8 Å². The Kier molecular flexibility index (Phi) is 5.80. The summed E-state index contributed by atoms with van der Waals surface area (Å²) in [4.78, 5) is 3.56. The maximum absolute atomic E-state index is 7.11. The van der Waals surface area contributed by atoms with E-state index < -0.39 is 0 Å². The molecule has 0 aromatic carbocycles. The number of nitrogens with two attached hydrogens (primary N) is 1. The van der Waals surface area contributed by atoms with Crippen LogP contribution in [0.5, 0.6) is 0 Å². The SMILES string of the molecule is CN(CCCCC(=N)N)Cc1ccc(Cl)s1. The van der Waals surface area contributed by atoms with Crippen molar-refractivity contribution in [1.82, 2.24) is 4.90 Å². The van der Waals surface area contributed by atoms with E-state index in [2.05, 4.69) is 18.0 Å². The van der Waals surface area contributed by atoms with Gasteiger partial charge in [0, 0.05) is 17.8 Å². The van der Waals surface area contributed by atoms with Gasteiger partial charge in [0.2, 0.25) is 0 Å². The molecule has 3 nitrogen and oxygen atoms in total. The molecule has 5 heteroatoms. The Balaban J connectivity index is 2.16. The summed E-state index contributed by atoms with van der Waals surface area (Å²) in [6.07, 6.45) is 2.78. The molecule has 0 saturated heterocycles. The van der Waals surface area contributed by atoms with Gasteiger partial charge in [-0.1, -0.05) is 11.6 Å². The Morgan fingerprint density at radius 3 is 2.81 bits per heavy atom. The van der Waals surface area contributed by atoms with Crippen LogP contribution in [-0.2, 0) is 6.54 Å². The molecule has 1 aromatic rings. The third kappa shape index (κ3) is 5.49. The molecule has 0 spiro atoms. The van der Waals surface area contributed by atoms with Crippen LogP contribution in [-0.4, -0.2) is 24.3 Å². The molecule has 0 fully saturated rings. The van der Waals surface area contributed by atoms with Gasteiger partial charge in [-0.2, -0.15) is 0 Å². The van der Waals surface area contributed by atoms with Crippen LogP contribution in [0.25, 0.3) is 0 Å². The Morgan fingerprint density at radius 1 is 1.50 bits per heavy atom. The standard InChI is InChI=1S/C11H18ClN3S/c1-15(7-3-2-4-11(13)14)8-9-5-6-10(12)16-9/h5-6H,2-4,7-8H2,1H3,(H3,13,14). The van der Waals surface area contributed by atoms with Crippen LogP contribution in [0.2, 0.25) is 4.34 Å². The minimum Gasteiger partial charge on any atom is -0.388 e. The molecule has 90 valence electrons. The number of halogens is 1. The van der Waals surface area contributed by atoms with E-state index in [-0.39, 0.29) is 5.84 Å². The molecule has 0 radical (unpaired) electrons. The van der Waals surface area contributed by atoms with E-state index in [1.807, 2.05) is 6.07 Å². The molecule has 0 bridgehead atoms. The maximum atomic E-state index is 7.11. The van der Waals surface area contributed by atoms with Crippen molar-refractivity contribution in [2.75, 3.05) is 13.6 Å². The van der Waals surface area contributed by atoms with Gasteiger partial charge in [0.1, 0.15) is 0 Å². The normalized spacial score (nSPS) is 10.9. The molecule has 0 aliphatic rings. The van der Waals surface area contributed by atoms with E-state index in [0.717, 1.165) is 30.3 Å². The lowest BCUT2D eigenvalue weighted by molar-refractivity contribution is 0.322. The summed E-state index contributed by atoms with van der Waals surface area (Å²) < 4.78 is 0.847. The Bertz CT molecular complexity index is 338.